The molecule has 122 valence electrons. The molecule has 0 bridgehead atoms. The predicted octanol–water partition coefficient (Wildman–Crippen LogP) is 3.54. The summed E-state index contributed by atoms with van der Waals surface area (Å²) in [7, 11) is 0. The number of fused-ring (bicyclic) bond motifs is 1. The number of hydrogen-bond donors (Lipinski definition) is 0. The summed E-state index contributed by atoms with van der Waals surface area (Å²) < 4.78 is 2.12. The smallest absolute Gasteiger partial charge is 0.243 e. The maximum atomic E-state index is 13.0. The highest BCUT2D eigenvalue weighted by atomic mass is 16.2. The molecule has 0 aliphatic heterocycles. The number of aromatic nitrogens is 2. The Morgan fingerprint density at radius 2 is 2.08 bits per heavy atom. The van der Waals surface area contributed by atoms with E-state index in [1.54, 1.807) is 6.20 Å². The third-order valence-corrected chi connectivity index (χ3v) is 4.69. The molecule has 24 heavy (non-hydrogen) atoms. The molecule has 0 unspecified atom stereocenters. The SMILES string of the molecule is Cc1cc2ccccc2n1CC(=O)N(Cc1cccnc1)C1CC1. The van der Waals surface area contributed by atoms with Crippen LogP contribution in [0.3, 0.4) is 0 Å². The third kappa shape index (κ3) is 2.92. The molecular formula is C20H21N3O. The van der Waals surface area contributed by atoms with Crippen molar-refractivity contribution in [1.82, 2.24) is 14.5 Å². The number of carbonyl (C=O) groups excluding carboxylic acids is 1. The number of aryl methyl sites for hydroxylation is 1. The van der Waals surface area contributed by atoms with Crippen molar-refractivity contribution < 1.29 is 4.79 Å². The van der Waals surface area contributed by atoms with Crippen LogP contribution in [0.2, 0.25) is 0 Å². The van der Waals surface area contributed by atoms with E-state index in [1.165, 1.54) is 5.39 Å². The normalized spacial score (nSPS) is 14.0. The number of pyridine rings is 1. The van der Waals surface area contributed by atoms with Gasteiger partial charge in [-0.1, -0.05) is 24.3 Å². The minimum absolute atomic E-state index is 0.186. The fourth-order valence-corrected chi connectivity index (χ4v) is 3.28. The number of para-hydroxylation sites is 1. The summed E-state index contributed by atoms with van der Waals surface area (Å²) >= 11 is 0. The largest absolute Gasteiger partial charge is 0.335 e. The van der Waals surface area contributed by atoms with Gasteiger partial charge < -0.3 is 9.47 Å². The molecule has 0 spiro atoms. The van der Waals surface area contributed by atoms with Crippen molar-refractivity contribution in [2.45, 2.75) is 38.9 Å². The van der Waals surface area contributed by atoms with Crippen molar-refractivity contribution in [2.24, 2.45) is 0 Å². The minimum atomic E-state index is 0.186. The highest BCUT2D eigenvalue weighted by Gasteiger charge is 2.32. The number of nitrogens with zero attached hydrogens (tertiary/aromatic N) is 3. The second-order valence-electron chi connectivity index (χ2n) is 6.54. The Morgan fingerprint density at radius 3 is 2.83 bits per heavy atom. The molecule has 1 fully saturated rings. The van der Waals surface area contributed by atoms with Crippen LogP contribution in [0.5, 0.6) is 0 Å². The predicted molar refractivity (Wildman–Crippen MR) is 94.5 cm³/mol. The van der Waals surface area contributed by atoms with Crippen molar-refractivity contribution >= 4 is 16.8 Å². The molecule has 4 heteroatoms. The lowest BCUT2D eigenvalue weighted by Crippen LogP contribution is -2.35. The number of hydrogen-bond acceptors (Lipinski definition) is 2. The first-order valence-corrected chi connectivity index (χ1v) is 8.45. The van der Waals surface area contributed by atoms with Crippen LogP contribution in [-0.2, 0) is 17.9 Å². The first-order chi connectivity index (χ1) is 11.7. The minimum Gasteiger partial charge on any atom is -0.335 e. The van der Waals surface area contributed by atoms with Gasteiger partial charge in [0.2, 0.25) is 5.91 Å². The van der Waals surface area contributed by atoms with E-state index in [9.17, 15) is 4.79 Å². The van der Waals surface area contributed by atoms with E-state index in [-0.39, 0.29) is 5.91 Å². The van der Waals surface area contributed by atoms with Gasteiger partial charge in [0.1, 0.15) is 6.54 Å². The Balaban J connectivity index is 1.58. The zero-order valence-corrected chi connectivity index (χ0v) is 13.9. The molecule has 2 aromatic heterocycles. The molecule has 1 saturated carbocycles. The lowest BCUT2D eigenvalue weighted by molar-refractivity contribution is -0.133. The van der Waals surface area contributed by atoms with E-state index in [0.717, 1.165) is 29.6 Å². The highest BCUT2D eigenvalue weighted by molar-refractivity contribution is 5.84. The number of rotatable bonds is 5. The van der Waals surface area contributed by atoms with Gasteiger partial charge in [-0.2, -0.15) is 0 Å². The summed E-state index contributed by atoms with van der Waals surface area (Å²) in [5.41, 5.74) is 3.34. The first-order valence-electron chi connectivity index (χ1n) is 8.45. The summed E-state index contributed by atoms with van der Waals surface area (Å²) in [5.74, 6) is 0.186. The van der Waals surface area contributed by atoms with Crippen molar-refractivity contribution in [3.05, 3.63) is 66.1 Å². The number of benzene rings is 1. The average molecular weight is 319 g/mol. The molecule has 2 heterocycles. The van der Waals surface area contributed by atoms with Crippen molar-refractivity contribution in [2.75, 3.05) is 0 Å². The molecule has 0 atom stereocenters. The topological polar surface area (TPSA) is 38.1 Å². The molecular weight excluding hydrogens is 298 g/mol. The lowest BCUT2D eigenvalue weighted by atomic mass is 10.2. The molecule has 1 aromatic carbocycles. The zero-order valence-electron chi connectivity index (χ0n) is 13.9. The van der Waals surface area contributed by atoms with Gasteiger partial charge in [0.05, 0.1) is 0 Å². The summed E-state index contributed by atoms with van der Waals surface area (Å²) in [6, 6.07) is 14.7. The summed E-state index contributed by atoms with van der Waals surface area (Å²) in [6.07, 6.45) is 5.83. The first kappa shape index (κ1) is 14.9. The molecule has 1 amide bonds. The molecule has 1 aliphatic carbocycles. The summed E-state index contributed by atoms with van der Waals surface area (Å²) in [5, 5.41) is 1.19. The van der Waals surface area contributed by atoms with Crippen molar-refractivity contribution in [3.8, 4) is 0 Å². The van der Waals surface area contributed by atoms with Gasteiger partial charge in [0, 0.05) is 36.2 Å². The summed E-state index contributed by atoms with van der Waals surface area (Å²) in [6.45, 7) is 3.11. The molecule has 0 radical (unpaired) electrons. The quantitative estimate of drug-likeness (QED) is 0.721. The maximum Gasteiger partial charge on any atom is 0.243 e. The Bertz CT molecular complexity index is 865. The molecule has 0 N–H and O–H groups in total. The van der Waals surface area contributed by atoms with Crippen LogP contribution in [0.15, 0.2) is 54.9 Å². The average Bonchev–Trinajstić information content (AvgIpc) is 3.39. The molecule has 4 nitrogen and oxygen atoms in total. The van der Waals surface area contributed by atoms with Gasteiger partial charge in [-0.25, -0.2) is 0 Å². The van der Waals surface area contributed by atoms with Crippen molar-refractivity contribution in [3.63, 3.8) is 0 Å². The summed E-state index contributed by atoms with van der Waals surface area (Å²) in [4.78, 5) is 19.2. The van der Waals surface area contributed by atoms with Gasteiger partial charge in [-0.15, -0.1) is 0 Å². The van der Waals surface area contributed by atoms with Crippen LogP contribution in [0.1, 0.15) is 24.1 Å². The maximum absolute atomic E-state index is 13.0. The van der Waals surface area contributed by atoms with Crippen LogP contribution in [0.25, 0.3) is 10.9 Å². The van der Waals surface area contributed by atoms with Crippen LogP contribution < -0.4 is 0 Å². The molecule has 0 saturated heterocycles. The zero-order chi connectivity index (χ0) is 16.5. The molecule has 4 rings (SSSR count). The fraction of sp³-hybridized carbons (Fsp3) is 0.300. The van der Waals surface area contributed by atoms with Crippen LogP contribution in [0, 0.1) is 6.92 Å². The Labute approximate surface area is 141 Å². The number of amides is 1. The van der Waals surface area contributed by atoms with Gasteiger partial charge in [0.15, 0.2) is 0 Å². The van der Waals surface area contributed by atoms with E-state index in [4.69, 9.17) is 0 Å². The van der Waals surface area contributed by atoms with E-state index in [0.29, 0.717) is 19.1 Å². The standard InChI is InChI=1S/C20H21N3O/c1-15-11-17-6-2-3-7-19(17)22(15)14-20(24)23(18-8-9-18)13-16-5-4-10-21-12-16/h2-7,10-12,18H,8-9,13-14H2,1H3. The third-order valence-electron chi connectivity index (χ3n) is 4.69. The monoisotopic (exact) mass is 319 g/mol. The molecule has 1 aliphatic rings. The Hall–Kier alpha value is -2.62. The van der Waals surface area contributed by atoms with E-state index >= 15 is 0 Å². The van der Waals surface area contributed by atoms with Gasteiger partial charge in [0.25, 0.3) is 0 Å². The fourth-order valence-electron chi connectivity index (χ4n) is 3.28. The van der Waals surface area contributed by atoms with Gasteiger partial charge >= 0.3 is 0 Å². The lowest BCUT2D eigenvalue weighted by Gasteiger charge is -2.23. The Kier molecular flexibility index (Phi) is 3.81. The second kappa shape index (κ2) is 6.11. The van der Waals surface area contributed by atoms with E-state index in [2.05, 4.69) is 34.7 Å². The number of carbonyl (C=O) groups is 1. The van der Waals surface area contributed by atoms with Crippen LogP contribution >= 0.6 is 0 Å². The van der Waals surface area contributed by atoms with Crippen molar-refractivity contribution in [1.29, 1.82) is 0 Å². The van der Waals surface area contributed by atoms with Crippen LogP contribution in [-0.4, -0.2) is 26.4 Å². The highest BCUT2D eigenvalue weighted by Crippen LogP contribution is 2.29. The van der Waals surface area contributed by atoms with Gasteiger partial charge in [-0.3, -0.25) is 9.78 Å². The van der Waals surface area contributed by atoms with E-state index < -0.39 is 0 Å². The van der Waals surface area contributed by atoms with Crippen LogP contribution in [0.4, 0.5) is 0 Å². The second-order valence-corrected chi connectivity index (χ2v) is 6.54. The molecule has 3 aromatic rings. The van der Waals surface area contributed by atoms with Gasteiger partial charge in [-0.05, 0) is 48.9 Å². The Morgan fingerprint density at radius 1 is 1.25 bits per heavy atom. The van der Waals surface area contributed by atoms with E-state index in [1.807, 2.05) is 35.4 Å².